The van der Waals surface area contributed by atoms with Crippen molar-refractivity contribution in [3.05, 3.63) is 18.0 Å². The summed E-state index contributed by atoms with van der Waals surface area (Å²) >= 11 is 0. The summed E-state index contributed by atoms with van der Waals surface area (Å²) in [4.78, 5) is 36.4. The van der Waals surface area contributed by atoms with Crippen LogP contribution in [0.5, 0.6) is 0 Å². The Bertz CT molecular complexity index is 568. The van der Waals surface area contributed by atoms with Gasteiger partial charge < -0.3 is 14.7 Å². The van der Waals surface area contributed by atoms with E-state index in [0.717, 1.165) is 6.42 Å². The molecule has 2 atom stereocenters. The van der Waals surface area contributed by atoms with Gasteiger partial charge in [-0.2, -0.15) is 5.10 Å². The molecule has 1 saturated heterocycles. The van der Waals surface area contributed by atoms with Gasteiger partial charge in [-0.3, -0.25) is 9.48 Å². The summed E-state index contributed by atoms with van der Waals surface area (Å²) in [7, 11) is 1.29. The number of hydrogen-bond donors (Lipinski definition) is 1. The van der Waals surface area contributed by atoms with Crippen molar-refractivity contribution in [1.29, 1.82) is 0 Å². The zero-order valence-electron chi connectivity index (χ0n) is 11.9. The standard InChI is InChI=1S/C13H17N3O5/c1-8(16-7-5-9(14-16)12(18)19)11(17)15-6-3-4-10(15)13(20)21-2/h5,7-8,10H,3-4,6H2,1-2H3,(H,18,19). The molecule has 8 nitrogen and oxygen atoms in total. The number of carbonyl (C=O) groups is 3. The fraction of sp³-hybridized carbons (Fsp3) is 0.538. The number of aromatic nitrogens is 2. The first-order valence-electron chi connectivity index (χ1n) is 6.62. The number of methoxy groups -OCH3 is 1. The van der Waals surface area contributed by atoms with Crippen LogP contribution < -0.4 is 0 Å². The molecule has 0 radical (unpaired) electrons. The van der Waals surface area contributed by atoms with E-state index in [9.17, 15) is 14.4 Å². The maximum atomic E-state index is 12.5. The molecule has 8 heteroatoms. The second kappa shape index (κ2) is 5.94. The Hall–Kier alpha value is -2.38. The third-order valence-electron chi connectivity index (χ3n) is 3.59. The summed E-state index contributed by atoms with van der Waals surface area (Å²) < 4.78 is 5.99. The Morgan fingerprint density at radius 1 is 1.48 bits per heavy atom. The van der Waals surface area contributed by atoms with Crippen molar-refractivity contribution in [3.63, 3.8) is 0 Å². The molecule has 1 fully saturated rings. The number of aromatic carboxylic acids is 1. The first-order chi connectivity index (χ1) is 9.95. The summed E-state index contributed by atoms with van der Waals surface area (Å²) in [5, 5.41) is 12.7. The van der Waals surface area contributed by atoms with Gasteiger partial charge in [0.2, 0.25) is 5.91 Å². The van der Waals surface area contributed by atoms with Crippen molar-refractivity contribution < 1.29 is 24.2 Å². The number of esters is 1. The first kappa shape index (κ1) is 15.0. The van der Waals surface area contributed by atoms with Crippen LogP contribution >= 0.6 is 0 Å². The molecular weight excluding hydrogens is 278 g/mol. The lowest BCUT2D eigenvalue weighted by Gasteiger charge is -2.25. The molecular formula is C13H17N3O5. The molecule has 1 aliphatic rings. The van der Waals surface area contributed by atoms with E-state index in [2.05, 4.69) is 5.10 Å². The molecule has 114 valence electrons. The fourth-order valence-corrected chi connectivity index (χ4v) is 2.43. The highest BCUT2D eigenvalue weighted by molar-refractivity contribution is 5.87. The molecule has 2 unspecified atom stereocenters. The number of hydrogen-bond acceptors (Lipinski definition) is 5. The highest BCUT2D eigenvalue weighted by Gasteiger charge is 2.37. The van der Waals surface area contributed by atoms with Crippen molar-refractivity contribution in [2.45, 2.75) is 31.8 Å². The van der Waals surface area contributed by atoms with Gasteiger partial charge in [0.05, 0.1) is 7.11 Å². The average molecular weight is 295 g/mol. The van der Waals surface area contributed by atoms with Gasteiger partial charge in [-0.25, -0.2) is 9.59 Å². The molecule has 21 heavy (non-hydrogen) atoms. The third-order valence-corrected chi connectivity index (χ3v) is 3.59. The van der Waals surface area contributed by atoms with Crippen LogP contribution in [0.25, 0.3) is 0 Å². The van der Waals surface area contributed by atoms with E-state index in [1.165, 1.54) is 29.0 Å². The first-order valence-corrected chi connectivity index (χ1v) is 6.62. The Labute approximate surface area is 121 Å². The minimum Gasteiger partial charge on any atom is -0.476 e. The van der Waals surface area contributed by atoms with E-state index in [1.807, 2.05) is 0 Å². The number of carbonyl (C=O) groups excluding carboxylic acids is 2. The Morgan fingerprint density at radius 3 is 2.76 bits per heavy atom. The van der Waals surface area contributed by atoms with Gasteiger partial charge in [0, 0.05) is 12.7 Å². The van der Waals surface area contributed by atoms with E-state index in [4.69, 9.17) is 9.84 Å². The van der Waals surface area contributed by atoms with E-state index in [-0.39, 0.29) is 11.6 Å². The van der Waals surface area contributed by atoms with Crippen LogP contribution in [-0.4, -0.2) is 57.3 Å². The van der Waals surface area contributed by atoms with Gasteiger partial charge in [-0.15, -0.1) is 0 Å². The quantitative estimate of drug-likeness (QED) is 0.802. The van der Waals surface area contributed by atoms with Crippen LogP contribution in [0.4, 0.5) is 0 Å². The van der Waals surface area contributed by atoms with Gasteiger partial charge in [0.15, 0.2) is 5.69 Å². The Balaban J connectivity index is 2.14. The number of nitrogens with zero attached hydrogens (tertiary/aromatic N) is 3. The van der Waals surface area contributed by atoms with Crippen LogP contribution in [-0.2, 0) is 14.3 Å². The van der Waals surface area contributed by atoms with E-state index in [0.29, 0.717) is 13.0 Å². The lowest BCUT2D eigenvalue weighted by molar-refractivity contribution is -0.152. The van der Waals surface area contributed by atoms with Gasteiger partial charge in [-0.05, 0) is 25.8 Å². The largest absolute Gasteiger partial charge is 0.476 e. The monoisotopic (exact) mass is 295 g/mol. The smallest absolute Gasteiger partial charge is 0.356 e. The van der Waals surface area contributed by atoms with Gasteiger partial charge in [0.1, 0.15) is 12.1 Å². The molecule has 0 aliphatic carbocycles. The molecule has 1 aromatic heterocycles. The van der Waals surface area contributed by atoms with Crippen molar-refractivity contribution in [1.82, 2.24) is 14.7 Å². The molecule has 2 rings (SSSR count). The second-order valence-corrected chi connectivity index (χ2v) is 4.87. The number of ether oxygens (including phenoxy) is 1. The predicted molar refractivity (Wildman–Crippen MR) is 70.6 cm³/mol. The molecule has 0 bridgehead atoms. The molecule has 1 amide bonds. The number of carboxylic acid groups (broad SMARTS) is 1. The summed E-state index contributed by atoms with van der Waals surface area (Å²) in [5.74, 6) is -1.86. The van der Waals surface area contributed by atoms with Crippen molar-refractivity contribution in [3.8, 4) is 0 Å². The minimum atomic E-state index is -1.15. The summed E-state index contributed by atoms with van der Waals surface area (Å²) in [6.07, 6.45) is 2.75. The van der Waals surface area contributed by atoms with E-state index < -0.39 is 24.0 Å². The third kappa shape index (κ3) is 2.88. The minimum absolute atomic E-state index is 0.124. The SMILES string of the molecule is COC(=O)C1CCCN1C(=O)C(C)n1ccc(C(=O)O)n1. The van der Waals surface area contributed by atoms with E-state index >= 15 is 0 Å². The number of amides is 1. The Kier molecular flexibility index (Phi) is 4.25. The zero-order chi connectivity index (χ0) is 15.6. The van der Waals surface area contributed by atoms with Crippen LogP contribution in [0.1, 0.15) is 36.3 Å². The van der Waals surface area contributed by atoms with Gasteiger partial charge in [0.25, 0.3) is 0 Å². The van der Waals surface area contributed by atoms with Gasteiger partial charge in [-0.1, -0.05) is 0 Å². The maximum absolute atomic E-state index is 12.5. The lowest BCUT2D eigenvalue weighted by Crippen LogP contribution is -2.44. The van der Waals surface area contributed by atoms with Crippen LogP contribution in [0.2, 0.25) is 0 Å². The van der Waals surface area contributed by atoms with Gasteiger partial charge >= 0.3 is 11.9 Å². The average Bonchev–Trinajstić information content (AvgIpc) is 3.13. The molecule has 1 N–H and O–H groups in total. The fourth-order valence-electron chi connectivity index (χ4n) is 2.43. The predicted octanol–water partition coefficient (Wildman–Crippen LogP) is 0.306. The van der Waals surface area contributed by atoms with Crippen LogP contribution in [0, 0.1) is 0 Å². The lowest BCUT2D eigenvalue weighted by atomic mass is 10.2. The second-order valence-electron chi connectivity index (χ2n) is 4.87. The normalized spacial score (nSPS) is 19.3. The zero-order valence-corrected chi connectivity index (χ0v) is 11.9. The molecule has 2 heterocycles. The molecule has 1 aromatic rings. The van der Waals surface area contributed by atoms with Crippen molar-refractivity contribution in [2.24, 2.45) is 0 Å². The number of carboxylic acids is 1. The number of rotatable bonds is 4. The van der Waals surface area contributed by atoms with Crippen molar-refractivity contribution in [2.75, 3.05) is 13.7 Å². The summed E-state index contributed by atoms with van der Waals surface area (Å²) in [6, 6.07) is 0.0799. The van der Waals surface area contributed by atoms with E-state index in [1.54, 1.807) is 6.92 Å². The highest BCUT2D eigenvalue weighted by atomic mass is 16.5. The molecule has 1 aliphatic heterocycles. The maximum Gasteiger partial charge on any atom is 0.356 e. The number of likely N-dealkylation sites (tertiary alicyclic amines) is 1. The molecule has 0 aromatic carbocycles. The topological polar surface area (TPSA) is 102 Å². The van der Waals surface area contributed by atoms with Crippen LogP contribution in [0.15, 0.2) is 12.3 Å². The Morgan fingerprint density at radius 2 is 2.19 bits per heavy atom. The summed E-state index contributed by atoms with van der Waals surface area (Å²) in [6.45, 7) is 2.10. The highest BCUT2D eigenvalue weighted by Crippen LogP contribution is 2.22. The molecule has 0 saturated carbocycles. The van der Waals surface area contributed by atoms with Crippen molar-refractivity contribution >= 4 is 17.8 Å². The molecule has 0 spiro atoms. The summed E-state index contributed by atoms with van der Waals surface area (Å²) in [5.41, 5.74) is -0.124. The van der Waals surface area contributed by atoms with Crippen LogP contribution in [0.3, 0.4) is 0 Å².